The second kappa shape index (κ2) is 6.24. The predicted molar refractivity (Wildman–Crippen MR) is 78.9 cm³/mol. The molecule has 0 spiro atoms. The van der Waals surface area contributed by atoms with Crippen molar-refractivity contribution in [3.05, 3.63) is 29.8 Å². The molecule has 0 amide bonds. The summed E-state index contributed by atoms with van der Waals surface area (Å²) >= 11 is 0. The zero-order valence-electron chi connectivity index (χ0n) is 11.9. The fourth-order valence-corrected chi connectivity index (χ4v) is 2.88. The van der Waals surface area contributed by atoms with Crippen LogP contribution in [0.1, 0.15) is 38.2 Å². The number of rotatable bonds is 5. The SMILES string of the molecule is CCC1CCC(Nc2ccc(CN(C)C)cc2)C1. The topological polar surface area (TPSA) is 15.3 Å². The molecule has 100 valence electrons. The molecule has 0 aliphatic heterocycles. The Labute approximate surface area is 111 Å². The average molecular weight is 246 g/mol. The smallest absolute Gasteiger partial charge is 0.0342 e. The lowest BCUT2D eigenvalue weighted by atomic mass is 10.1. The van der Waals surface area contributed by atoms with E-state index in [2.05, 4.69) is 55.5 Å². The second-order valence-corrected chi connectivity index (χ2v) is 5.86. The van der Waals surface area contributed by atoms with Gasteiger partial charge in [0.05, 0.1) is 0 Å². The summed E-state index contributed by atoms with van der Waals surface area (Å²) in [6.07, 6.45) is 5.40. The van der Waals surface area contributed by atoms with E-state index in [1.54, 1.807) is 0 Å². The van der Waals surface area contributed by atoms with Crippen LogP contribution >= 0.6 is 0 Å². The molecule has 0 aromatic heterocycles. The standard InChI is InChI=1S/C16H26N2/c1-4-13-5-10-16(11-13)17-15-8-6-14(7-9-15)12-18(2)3/h6-9,13,16-17H,4-5,10-12H2,1-3H3. The number of hydrogen-bond donors (Lipinski definition) is 1. The van der Waals surface area contributed by atoms with Crippen LogP contribution in [0, 0.1) is 5.92 Å². The predicted octanol–water partition coefficient (Wildman–Crippen LogP) is 3.74. The Morgan fingerprint density at radius 3 is 2.44 bits per heavy atom. The van der Waals surface area contributed by atoms with Crippen molar-refractivity contribution in [2.75, 3.05) is 19.4 Å². The van der Waals surface area contributed by atoms with E-state index >= 15 is 0 Å². The van der Waals surface area contributed by atoms with Gasteiger partial charge < -0.3 is 10.2 Å². The molecule has 1 saturated carbocycles. The minimum Gasteiger partial charge on any atom is -0.382 e. The molecule has 18 heavy (non-hydrogen) atoms. The molecule has 1 N–H and O–H groups in total. The lowest BCUT2D eigenvalue weighted by molar-refractivity contribution is 0.402. The minimum absolute atomic E-state index is 0.689. The van der Waals surface area contributed by atoms with E-state index in [0.717, 1.165) is 12.5 Å². The Bertz CT molecular complexity index is 356. The van der Waals surface area contributed by atoms with Gasteiger partial charge in [0.25, 0.3) is 0 Å². The molecule has 2 rings (SSSR count). The quantitative estimate of drug-likeness (QED) is 0.851. The summed E-state index contributed by atoms with van der Waals surface area (Å²) in [5, 5.41) is 3.67. The normalized spacial score (nSPS) is 23.6. The molecule has 0 saturated heterocycles. The Morgan fingerprint density at radius 2 is 1.89 bits per heavy atom. The van der Waals surface area contributed by atoms with E-state index in [-0.39, 0.29) is 0 Å². The van der Waals surface area contributed by atoms with Crippen LogP contribution in [-0.2, 0) is 6.54 Å². The van der Waals surface area contributed by atoms with Gasteiger partial charge in [0.2, 0.25) is 0 Å². The summed E-state index contributed by atoms with van der Waals surface area (Å²) in [5.41, 5.74) is 2.66. The molecule has 0 radical (unpaired) electrons. The lowest BCUT2D eigenvalue weighted by Gasteiger charge is -2.15. The van der Waals surface area contributed by atoms with Crippen molar-refractivity contribution < 1.29 is 0 Å². The highest BCUT2D eigenvalue weighted by Gasteiger charge is 2.22. The summed E-state index contributed by atoms with van der Waals surface area (Å²) in [6, 6.07) is 9.59. The summed E-state index contributed by atoms with van der Waals surface area (Å²) in [6.45, 7) is 3.32. The zero-order valence-corrected chi connectivity index (χ0v) is 11.9. The number of anilines is 1. The maximum absolute atomic E-state index is 3.67. The van der Waals surface area contributed by atoms with Gasteiger partial charge in [-0.25, -0.2) is 0 Å². The fraction of sp³-hybridized carbons (Fsp3) is 0.625. The minimum atomic E-state index is 0.689. The van der Waals surface area contributed by atoms with Crippen LogP contribution in [0.25, 0.3) is 0 Å². The van der Waals surface area contributed by atoms with Gasteiger partial charge in [-0.1, -0.05) is 25.5 Å². The molecule has 1 aromatic carbocycles. The Balaban J connectivity index is 1.87. The first-order valence-electron chi connectivity index (χ1n) is 7.17. The van der Waals surface area contributed by atoms with E-state index < -0.39 is 0 Å². The molecule has 0 bridgehead atoms. The molecular weight excluding hydrogens is 220 g/mol. The van der Waals surface area contributed by atoms with Crippen LogP contribution in [-0.4, -0.2) is 25.0 Å². The van der Waals surface area contributed by atoms with Crippen LogP contribution in [0.4, 0.5) is 5.69 Å². The monoisotopic (exact) mass is 246 g/mol. The Hall–Kier alpha value is -1.02. The van der Waals surface area contributed by atoms with Gasteiger partial charge in [-0.2, -0.15) is 0 Å². The lowest BCUT2D eigenvalue weighted by Crippen LogP contribution is -2.15. The van der Waals surface area contributed by atoms with Crippen LogP contribution in [0.15, 0.2) is 24.3 Å². The summed E-state index contributed by atoms with van der Waals surface area (Å²) in [4.78, 5) is 2.20. The molecule has 2 nitrogen and oxygen atoms in total. The molecule has 1 aliphatic rings. The summed E-state index contributed by atoms with van der Waals surface area (Å²) < 4.78 is 0. The number of hydrogen-bond acceptors (Lipinski definition) is 2. The first kappa shape index (κ1) is 13.4. The Kier molecular flexibility index (Phi) is 4.65. The van der Waals surface area contributed by atoms with E-state index in [4.69, 9.17) is 0 Å². The number of nitrogens with zero attached hydrogens (tertiary/aromatic N) is 1. The average Bonchev–Trinajstić information content (AvgIpc) is 2.79. The molecule has 1 aromatic rings. The van der Waals surface area contributed by atoms with Gasteiger partial charge in [0.15, 0.2) is 0 Å². The van der Waals surface area contributed by atoms with E-state index in [0.29, 0.717) is 6.04 Å². The van der Waals surface area contributed by atoms with Gasteiger partial charge in [-0.15, -0.1) is 0 Å². The third-order valence-corrected chi connectivity index (χ3v) is 3.94. The second-order valence-electron chi connectivity index (χ2n) is 5.86. The van der Waals surface area contributed by atoms with E-state index in [9.17, 15) is 0 Å². The van der Waals surface area contributed by atoms with Crippen LogP contribution < -0.4 is 5.32 Å². The summed E-state index contributed by atoms with van der Waals surface area (Å²) in [7, 11) is 4.21. The number of benzene rings is 1. The van der Waals surface area contributed by atoms with Crippen molar-refractivity contribution in [3.8, 4) is 0 Å². The van der Waals surface area contributed by atoms with Crippen LogP contribution in [0.3, 0.4) is 0 Å². The maximum atomic E-state index is 3.67. The molecule has 2 heteroatoms. The largest absolute Gasteiger partial charge is 0.382 e. The molecule has 2 atom stereocenters. The van der Waals surface area contributed by atoms with Crippen molar-refractivity contribution in [1.29, 1.82) is 0 Å². The first-order chi connectivity index (χ1) is 8.67. The maximum Gasteiger partial charge on any atom is 0.0342 e. The van der Waals surface area contributed by atoms with Crippen molar-refractivity contribution >= 4 is 5.69 Å². The third-order valence-electron chi connectivity index (χ3n) is 3.94. The van der Waals surface area contributed by atoms with Crippen LogP contribution in [0.2, 0.25) is 0 Å². The molecule has 1 fully saturated rings. The van der Waals surface area contributed by atoms with Gasteiger partial charge in [-0.05, 0) is 57.0 Å². The Morgan fingerprint density at radius 1 is 1.17 bits per heavy atom. The van der Waals surface area contributed by atoms with Crippen LogP contribution in [0.5, 0.6) is 0 Å². The van der Waals surface area contributed by atoms with Crippen molar-refractivity contribution in [2.24, 2.45) is 5.92 Å². The van der Waals surface area contributed by atoms with E-state index in [1.807, 2.05) is 0 Å². The van der Waals surface area contributed by atoms with Gasteiger partial charge >= 0.3 is 0 Å². The highest BCUT2D eigenvalue weighted by molar-refractivity contribution is 5.45. The van der Waals surface area contributed by atoms with E-state index in [1.165, 1.54) is 36.9 Å². The van der Waals surface area contributed by atoms with Gasteiger partial charge in [0, 0.05) is 18.3 Å². The molecule has 0 heterocycles. The molecular formula is C16H26N2. The molecule has 2 unspecified atom stereocenters. The number of nitrogens with one attached hydrogen (secondary N) is 1. The highest BCUT2D eigenvalue weighted by Crippen LogP contribution is 2.30. The highest BCUT2D eigenvalue weighted by atomic mass is 15.0. The van der Waals surface area contributed by atoms with Gasteiger partial charge in [-0.3, -0.25) is 0 Å². The van der Waals surface area contributed by atoms with Crippen molar-refractivity contribution in [2.45, 2.75) is 45.2 Å². The van der Waals surface area contributed by atoms with Gasteiger partial charge in [0.1, 0.15) is 0 Å². The van der Waals surface area contributed by atoms with Crippen molar-refractivity contribution in [1.82, 2.24) is 4.90 Å². The van der Waals surface area contributed by atoms with Crippen molar-refractivity contribution in [3.63, 3.8) is 0 Å². The zero-order chi connectivity index (χ0) is 13.0. The first-order valence-corrected chi connectivity index (χ1v) is 7.17. The summed E-state index contributed by atoms with van der Waals surface area (Å²) in [5.74, 6) is 0.940. The third kappa shape index (κ3) is 3.74. The molecule has 1 aliphatic carbocycles. The fourth-order valence-electron chi connectivity index (χ4n) is 2.88.